The second-order valence-electron chi connectivity index (χ2n) is 4.60. The van der Waals surface area contributed by atoms with Gasteiger partial charge in [-0.2, -0.15) is 0 Å². The number of halogens is 1. The van der Waals surface area contributed by atoms with E-state index in [2.05, 4.69) is 20.8 Å². The Labute approximate surface area is 128 Å². The van der Waals surface area contributed by atoms with Gasteiger partial charge in [0.2, 0.25) is 0 Å². The Morgan fingerprint density at radius 3 is 2.90 bits per heavy atom. The van der Waals surface area contributed by atoms with Gasteiger partial charge in [-0.15, -0.1) is 10.2 Å². The second-order valence-corrected chi connectivity index (χ2v) is 5.01. The Morgan fingerprint density at radius 1 is 1.43 bits per heavy atom. The first kappa shape index (κ1) is 15.3. The lowest BCUT2D eigenvalue weighted by Gasteiger charge is -2.16. The van der Waals surface area contributed by atoms with Gasteiger partial charge in [-0.3, -0.25) is 0 Å². The Morgan fingerprint density at radius 2 is 2.19 bits per heavy atom. The number of carbonyl (C=O) groups excluding carboxylic acids is 1. The fraction of sp³-hybridized carbons (Fsp3) is 0.357. The van der Waals surface area contributed by atoms with Crippen molar-refractivity contribution >= 4 is 17.6 Å². The molecule has 2 N–H and O–H groups in total. The Hall–Kier alpha value is -2.08. The monoisotopic (exact) mass is 307 g/mol. The summed E-state index contributed by atoms with van der Waals surface area (Å²) in [6.45, 7) is 4.97. The van der Waals surface area contributed by atoms with Crippen LogP contribution < -0.4 is 10.6 Å². The van der Waals surface area contributed by atoms with Gasteiger partial charge in [0.25, 0.3) is 0 Å². The first-order chi connectivity index (χ1) is 10.1. The number of carbonyl (C=O) groups is 1. The SMILES string of the molecule is CCn1cnnc1CNC(=O)N[C@@H](C)c1ccccc1Cl. The van der Waals surface area contributed by atoms with E-state index in [-0.39, 0.29) is 12.1 Å². The molecule has 0 aliphatic carbocycles. The molecule has 1 heterocycles. The van der Waals surface area contributed by atoms with Crippen molar-refractivity contribution in [3.8, 4) is 0 Å². The third-order valence-corrected chi connectivity index (χ3v) is 3.51. The number of urea groups is 1. The average Bonchev–Trinajstić information content (AvgIpc) is 2.93. The molecule has 2 aromatic rings. The van der Waals surface area contributed by atoms with Crippen LogP contribution in [0.25, 0.3) is 0 Å². The van der Waals surface area contributed by atoms with Crippen LogP contribution in [0, 0.1) is 0 Å². The van der Waals surface area contributed by atoms with Gasteiger partial charge in [0.1, 0.15) is 6.33 Å². The molecule has 1 aromatic heterocycles. The average molecular weight is 308 g/mol. The Balaban J connectivity index is 1.89. The fourth-order valence-corrected chi connectivity index (χ4v) is 2.29. The lowest BCUT2D eigenvalue weighted by atomic mass is 10.1. The highest BCUT2D eigenvalue weighted by Gasteiger charge is 2.12. The summed E-state index contributed by atoms with van der Waals surface area (Å²) < 4.78 is 1.87. The third-order valence-electron chi connectivity index (χ3n) is 3.16. The van der Waals surface area contributed by atoms with Gasteiger partial charge in [-0.1, -0.05) is 29.8 Å². The van der Waals surface area contributed by atoms with Crippen LogP contribution in [0.2, 0.25) is 5.02 Å². The molecule has 7 heteroatoms. The highest BCUT2D eigenvalue weighted by Crippen LogP contribution is 2.21. The van der Waals surface area contributed by atoms with Crippen molar-refractivity contribution in [1.29, 1.82) is 0 Å². The number of nitrogens with one attached hydrogen (secondary N) is 2. The predicted molar refractivity (Wildman–Crippen MR) is 80.9 cm³/mol. The minimum atomic E-state index is -0.270. The van der Waals surface area contributed by atoms with Crippen molar-refractivity contribution in [2.24, 2.45) is 0 Å². The quantitative estimate of drug-likeness (QED) is 0.891. The summed E-state index contributed by atoms with van der Waals surface area (Å²) in [6, 6.07) is 6.99. The molecule has 1 atom stereocenters. The van der Waals surface area contributed by atoms with Gasteiger partial charge in [-0.25, -0.2) is 4.79 Å². The van der Waals surface area contributed by atoms with Gasteiger partial charge < -0.3 is 15.2 Å². The fourth-order valence-electron chi connectivity index (χ4n) is 1.99. The van der Waals surface area contributed by atoms with Crippen LogP contribution in [-0.2, 0) is 13.1 Å². The number of nitrogens with zero attached hydrogens (tertiary/aromatic N) is 3. The summed E-state index contributed by atoms with van der Waals surface area (Å²) >= 11 is 6.11. The van der Waals surface area contributed by atoms with Crippen LogP contribution in [0.5, 0.6) is 0 Å². The second kappa shape index (κ2) is 7.08. The molecule has 0 unspecified atom stereocenters. The van der Waals surface area contributed by atoms with Gasteiger partial charge >= 0.3 is 6.03 Å². The van der Waals surface area contributed by atoms with E-state index in [0.717, 1.165) is 17.9 Å². The van der Waals surface area contributed by atoms with Crippen molar-refractivity contribution in [2.45, 2.75) is 33.0 Å². The molecule has 0 aliphatic heterocycles. The van der Waals surface area contributed by atoms with E-state index in [1.807, 2.05) is 36.6 Å². The molecule has 0 spiro atoms. The Bertz CT molecular complexity index is 613. The maximum absolute atomic E-state index is 11.9. The molecule has 0 saturated heterocycles. The summed E-state index contributed by atoms with van der Waals surface area (Å²) in [6.07, 6.45) is 1.64. The van der Waals surface area contributed by atoms with E-state index in [9.17, 15) is 4.79 Å². The molecule has 0 saturated carbocycles. The zero-order valence-electron chi connectivity index (χ0n) is 12.0. The molecule has 1 aromatic carbocycles. The van der Waals surface area contributed by atoms with Gasteiger partial charge in [-0.05, 0) is 25.5 Å². The molecule has 0 fully saturated rings. The van der Waals surface area contributed by atoms with Crippen LogP contribution in [0.15, 0.2) is 30.6 Å². The van der Waals surface area contributed by atoms with E-state index < -0.39 is 0 Å². The van der Waals surface area contributed by atoms with Crippen LogP contribution in [0.4, 0.5) is 4.79 Å². The van der Waals surface area contributed by atoms with E-state index >= 15 is 0 Å². The van der Waals surface area contributed by atoms with E-state index in [1.54, 1.807) is 12.4 Å². The zero-order valence-corrected chi connectivity index (χ0v) is 12.8. The van der Waals surface area contributed by atoms with Crippen LogP contribution in [0.1, 0.15) is 31.3 Å². The zero-order chi connectivity index (χ0) is 15.2. The van der Waals surface area contributed by atoms with Crippen molar-refractivity contribution < 1.29 is 4.79 Å². The van der Waals surface area contributed by atoms with Crippen LogP contribution in [0.3, 0.4) is 0 Å². The van der Waals surface area contributed by atoms with Gasteiger partial charge in [0.05, 0.1) is 12.6 Å². The first-order valence-electron chi connectivity index (χ1n) is 6.77. The molecule has 112 valence electrons. The van der Waals surface area contributed by atoms with Crippen LogP contribution >= 0.6 is 11.6 Å². The van der Waals surface area contributed by atoms with Crippen molar-refractivity contribution in [3.05, 3.63) is 47.0 Å². The predicted octanol–water partition coefficient (Wildman–Crippen LogP) is 2.51. The molecular formula is C14H18ClN5O. The van der Waals surface area contributed by atoms with E-state index in [4.69, 9.17) is 11.6 Å². The molecule has 6 nitrogen and oxygen atoms in total. The number of benzene rings is 1. The van der Waals surface area contributed by atoms with Crippen molar-refractivity contribution in [2.75, 3.05) is 0 Å². The van der Waals surface area contributed by atoms with Gasteiger partial charge in [0, 0.05) is 11.6 Å². The third kappa shape index (κ3) is 3.95. The number of amides is 2. The summed E-state index contributed by atoms with van der Waals surface area (Å²) in [5, 5.41) is 14.0. The highest BCUT2D eigenvalue weighted by atomic mass is 35.5. The number of aryl methyl sites for hydroxylation is 1. The number of hydrogen-bond acceptors (Lipinski definition) is 3. The molecule has 0 bridgehead atoms. The lowest BCUT2D eigenvalue weighted by Crippen LogP contribution is -2.37. The minimum absolute atomic E-state index is 0.178. The normalized spacial score (nSPS) is 12.0. The van der Waals surface area contributed by atoms with Crippen LogP contribution in [-0.4, -0.2) is 20.8 Å². The largest absolute Gasteiger partial charge is 0.332 e. The van der Waals surface area contributed by atoms with E-state index in [1.165, 1.54) is 0 Å². The summed E-state index contributed by atoms with van der Waals surface area (Å²) in [5.74, 6) is 0.720. The lowest BCUT2D eigenvalue weighted by molar-refractivity contribution is 0.237. The smallest absolute Gasteiger partial charge is 0.315 e. The molecule has 2 amide bonds. The number of rotatable bonds is 5. The summed E-state index contributed by atoms with van der Waals surface area (Å²) in [7, 11) is 0. The Kier molecular flexibility index (Phi) is 5.16. The molecule has 2 rings (SSSR count). The minimum Gasteiger partial charge on any atom is -0.332 e. The maximum atomic E-state index is 11.9. The maximum Gasteiger partial charge on any atom is 0.315 e. The number of hydrogen-bond donors (Lipinski definition) is 2. The van der Waals surface area contributed by atoms with Gasteiger partial charge in [0.15, 0.2) is 5.82 Å². The first-order valence-corrected chi connectivity index (χ1v) is 7.15. The molecule has 21 heavy (non-hydrogen) atoms. The summed E-state index contributed by atoms with van der Waals surface area (Å²) in [4.78, 5) is 11.9. The standard InChI is InChI=1S/C14H18ClN5O/c1-3-20-9-17-19-13(20)8-16-14(21)18-10(2)11-6-4-5-7-12(11)15/h4-7,9-10H,3,8H2,1-2H3,(H2,16,18,21)/t10-/m0/s1. The van der Waals surface area contributed by atoms with Crippen molar-refractivity contribution in [1.82, 2.24) is 25.4 Å². The molecule has 0 aliphatic rings. The van der Waals surface area contributed by atoms with Crippen molar-refractivity contribution in [3.63, 3.8) is 0 Å². The molecular weight excluding hydrogens is 290 g/mol. The number of aromatic nitrogens is 3. The van der Waals surface area contributed by atoms with E-state index in [0.29, 0.717) is 11.6 Å². The summed E-state index contributed by atoms with van der Waals surface area (Å²) in [5.41, 5.74) is 0.881. The topological polar surface area (TPSA) is 71.8 Å². The molecule has 0 radical (unpaired) electrons. The highest BCUT2D eigenvalue weighted by molar-refractivity contribution is 6.31.